The number of aryl methyl sites for hydroxylation is 1. The quantitative estimate of drug-likeness (QED) is 0.756. The maximum Gasteiger partial charge on any atom is 0.0446 e. The first kappa shape index (κ1) is 11.5. The number of benzene rings is 2. The zero-order valence-corrected chi connectivity index (χ0v) is 11.2. The van der Waals surface area contributed by atoms with Crippen LogP contribution in [0.4, 0.5) is 5.69 Å². The Balaban J connectivity index is 2.04. The van der Waals surface area contributed by atoms with Crippen molar-refractivity contribution < 1.29 is 0 Å². The summed E-state index contributed by atoms with van der Waals surface area (Å²) in [5.74, 6) is 0. The lowest BCUT2D eigenvalue weighted by Gasteiger charge is -2.34. The molecule has 0 aliphatic carbocycles. The minimum Gasteiger partial charge on any atom is -0.368 e. The highest BCUT2D eigenvalue weighted by Gasteiger charge is 2.16. The Morgan fingerprint density at radius 1 is 0.833 bits per heavy atom. The standard InChI is InChI=1S/C16H20N2/c1-13-7-8-16(15-6-4-3-5-14(13)15)18-11-9-17(2)10-12-18/h3-8H,9-12H2,1-2H3. The van der Waals surface area contributed by atoms with E-state index >= 15 is 0 Å². The van der Waals surface area contributed by atoms with Crippen LogP contribution in [0, 0.1) is 6.92 Å². The molecular weight excluding hydrogens is 220 g/mol. The van der Waals surface area contributed by atoms with Crippen molar-refractivity contribution in [3.05, 3.63) is 42.0 Å². The Hall–Kier alpha value is -1.54. The summed E-state index contributed by atoms with van der Waals surface area (Å²) in [5, 5.41) is 2.77. The fourth-order valence-electron chi connectivity index (χ4n) is 2.76. The summed E-state index contributed by atoms with van der Waals surface area (Å²) in [6, 6.07) is 13.3. The summed E-state index contributed by atoms with van der Waals surface area (Å²) in [6.45, 7) is 6.76. The minimum atomic E-state index is 1.13. The fraction of sp³-hybridized carbons (Fsp3) is 0.375. The summed E-state index contributed by atoms with van der Waals surface area (Å²) < 4.78 is 0. The van der Waals surface area contributed by atoms with E-state index in [-0.39, 0.29) is 0 Å². The Labute approximate surface area is 109 Å². The van der Waals surface area contributed by atoms with Crippen LogP contribution >= 0.6 is 0 Å². The van der Waals surface area contributed by atoms with Gasteiger partial charge in [0.25, 0.3) is 0 Å². The van der Waals surface area contributed by atoms with Crippen molar-refractivity contribution in [2.75, 3.05) is 38.1 Å². The van der Waals surface area contributed by atoms with E-state index in [0.717, 1.165) is 26.2 Å². The molecule has 0 bridgehead atoms. The van der Waals surface area contributed by atoms with Crippen molar-refractivity contribution in [1.82, 2.24) is 4.90 Å². The number of hydrogen-bond acceptors (Lipinski definition) is 2. The Kier molecular flexibility index (Phi) is 2.96. The van der Waals surface area contributed by atoms with Gasteiger partial charge in [-0.05, 0) is 31.0 Å². The normalized spacial score (nSPS) is 17.3. The zero-order valence-electron chi connectivity index (χ0n) is 11.2. The van der Waals surface area contributed by atoms with Crippen LogP contribution in [0.1, 0.15) is 5.56 Å². The molecule has 18 heavy (non-hydrogen) atoms. The molecule has 0 atom stereocenters. The third kappa shape index (κ3) is 1.97. The van der Waals surface area contributed by atoms with Crippen molar-refractivity contribution in [2.24, 2.45) is 0 Å². The lowest BCUT2D eigenvalue weighted by molar-refractivity contribution is 0.313. The second-order valence-electron chi connectivity index (χ2n) is 5.24. The van der Waals surface area contributed by atoms with Gasteiger partial charge in [-0.2, -0.15) is 0 Å². The summed E-state index contributed by atoms with van der Waals surface area (Å²) in [6.07, 6.45) is 0. The van der Waals surface area contributed by atoms with Gasteiger partial charge in [0, 0.05) is 37.3 Å². The van der Waals surface area contributed by atoms with Gasteiger partial charge in [-0.3, -0.25) is 0 Å². The van der Waals surface area contributed by atoms with Crippen LogP contribution < -0.4 is 4.90 Å². The number of anilines is 1. The Morgan fingerprint density at radius 2 is 1.50 bits per heavy atom. The highest BCUT2D eigenvalue weighted by molar-refractivity contribution is 5.96. The number of rotatable bonds is 1. The number of nitrogens with zero attached hydrogens (tertiary/aromatic N) is 2. The summed E-state index contributed by atoms with van der Waals surface area (Å²) in [5.41, 5.74) is 2.76. The number of piperazine rings is 1. The SMILES string of the molecule is Cc1ccc(N2CCN(C)CC2)c2ccccc12. The molecule has 1 saturated heterocycles. The van der Waals surface area contributed by atoms with E-state index in [9.17, 15) is 0 Å². The molecule has 2 aromatic carbocycles. The molecule has 2 aromatic rings. The monoisotopic (exact) mass is 240 g/mol. The average Bonchev–Trinajstić information content (AvgIpc) is 2.41. The molecular formula is C16H20N2. The average molecular weight is 240 g/mol. The third-order valence-electron chi connectivity index (χ3n) is 3.96. The van der Waals surface area contributed by atoms with Crippen LogP contribution in [0.2, 0.25) is 0 Å². The summed E-state index contributed by atoms with van der Waals surface area (Å²) in [7, 11) is 2.20. The van der Waals surface area contributed by atoms with Crippen molar-refractivity contribution in [2.45, 2.75) is 6.92 Å². The predicted octanol–water partition coefficient (Wildman–Crippen LogP) is 2.90. The lowest BCUT2D eigenvalue weighted by Crippen LogP contribution is -2.44. The van der Waals surface area contributed by atoms with E-state index in [4.69, 9.17) is 0 Å². The predicted molar refractivity (Wildman–Crippen MR) is 78.4 cm³/mol. The van der Waals surface area contributed by atoms with Gasteiger partial charge in [-0.25, -0.2) is 0 Å². The van der Waals surface area contributed by atoms with E-state index in [1.807, 2.05) is 0 Å². The maximum atomic E-state index is 2.52. The smallest absolute Gasteiger partial charge is 0.0446 e. The van der Waals surface area contributed by atoms with Crippen LogP contribution in [0.5, 0.6) is 0 Å². The molecule has 0 spiro atoms. The van der Waals surface area contributed by atoms with Crippen molar-refractivity contribution in [3.8, 4) is 0 Å². The number of fused-ring (bicyclic) bond motifs is 1. The first-order valence-electron chi connectivity index (χ1n) is 6.67. The molecule has 2 nitrogen and oxygen atoms in total. The first-order chi connectivity index (χ1) is 8.75. The highest BCUT2D eigenvalue weighted by atomic mass is 15.2. The highest BCUT2D eigenvalue weighted by Crippen LogP contribution is 2.29. The van der Waals surface area contributed by atoms with Crippen molar-refractivity contribution in [1.29, 1.82) is 0 Å². The van der Waals surface area contributed by atoms with Crippen LogP contribution in [0.15, 0.2) is 36.4 Å². The minimum absolute atomic E-state index is 1.13. The van der Waals surface area contributed by atoms with E-state index in [1.54, 1.807) is 0 Å². The van der Waals surface area contributed by atoms with Gasteiger partial charge in [-0.1, -0.05) is 30.3 Å². The molecule has 0 amide bonds. The molecule has 0 N–H and O–H groups in total. The molecule has 1 aliphatic rings. The van der Waals surface area contributed by atoms with Crippen molar-refractivity contribution in [3.63, 3.8) is 0 Å². The summed E-state index contributed by atoms with van der Waals surface area (Å²) >= 11 is 0. The van der Waals surface area contributed by atoms with Crippen LogP contribution in [-0.2, 0) is 0 Å². The molecule has 94 valence electrons. The molecule has 0 aromatic heterocycles. The largest absolute Gasteiger partial charge is 0.368 e. The van der Waals surface area contributed by atoms with Crippen LogP contribution in [0.25, 0.3) is 10.8 Å². The molecule has 0 saturated carbocycles. The Morgan fingerprint density at radius 3 is 2.22 bits per heavy atom. The van der Waals surface area contributed by atoms with Gasteiger partial charge in [0.15, 0.2) is 0 Å². The zero-order chi connectivity index (χ0) is 12.5. The molecule has 0 radical (unpaired) electrons. The van der Waals surface area contributed by atoms with Crippen LogP contribution in [0.3, 0.4) is 0 Å². The molecule has 1 aliphatic heterocycles. The van der Waals surface area contributed by atoms with Crippen molar-refractivity contribution >= 4 is 16.5 Å². The van der Waals surface area contributed by atoms with Gasteiger partial charge in [0.05, 0.1) is 0 Å². The lowest BCUT2D eigenvalue weighted by atomic mass is 10.0. The third-order valence-corrected chi connectivity index (χ3v) is 3.96. The van der Waals surface area contributed by atoms with E-state index in [2.05, 4.69) is 60.2 Å². The van der Waals surface area contributed by atoms with Crippen LogP contribution in [-0.4, -0.2) is 38.1 Å². The molecule has 2 heteroatoms. The van der Waals surface area contributed by atoms with Gasteiger partial charge in [0.1, 0.15) is 0 Å². The molecule has 0 unspecified atom stereocenters. The second kappa shape index (κ2) is 4.62. The molecule has 1 fully saturated rings. The molecule has 1 heterocycles. The van der Waals surface area contributed by atoms with E-state index < -0.39 is 0 Å². The molecule has 3 rings (SSSR count). The van der Waals surface area contributed by atoms with E-state index in [1.165, 1.54) is 22.0 Å². The first-order valence-corrected chi connectivity index (χ1v) is 6.67. The van der Waals surface area contributed by atoms with Gasteiger partial charge >= 0.3 is 0 Å². The van der Waals surface area contributed by atoms with E-state index in [0.29, 0.717) is 0 Å². The topological polar surface area (TPSA) is 6.48 Å². The fourth-order valence-corrected chi connectivity index (χ4v) is 2.76. The van der Waals surface area contributed by atoms with Gasteiger partial charge in [-0.15, -0.1) is 0 Å². The van der Waals surface area contributed by atoms with Gasteiger partial charge in [0.2, 0.25) is 0 Å². The van der Waals surface area contributed by atoms with Gasteiger partial charge < -0.3 is 9.80 Å². The second-order valence-corrected chi connectivity index (χ2v) is 5.24. The number of hydrogen-bond donors (Lipinski definition) is 0. The Bertz CT molecular complexity index is 554. The maximum absolute atomic E-state index is 2.52. The number of likely N-dealkylation sites (N-methyl/N-ethyl adjacent to an activating group) is 1. The summed E-state index contributed by atoms with van der Waals surface area (Å²) in [4.78, 5) is 4.91.